The van der Waals surface area contributed by atoms with Crippen molar-refractivity contribution in [2.75, 3.05) is 0 Å². The zero-order chi connectivity index (χ0) is 20.6. The lowest BCUT2D eigenvalue weighted by molar-refractivity contribution is 0.132. The Balaban J connectivity index is 1.92. The minimum absolute atomic E-state index is 0.0638. The van der Waals surface area contributed by atoms with Gasteiger partial charge in [0, 0.05) is 17.3 Å². The van der Waals surface area contributed by atoms with E-state index >= 15 is 0 Å². The van der Waals surface area contributed by atoms with E-state index in [0.29, 0.717) is 0 Å². The molecular weight excluding hydrogens is 337 g/mol. The molecule has 0 saturated carbocycles. The third-order valence-corrected chi connectivity index (χ3v) is 5.87. The van der Waals surface area contributed by atoms with Gasteiger partial charge in [0.1, 0.15) is 0 Å². The van der Waals surface area contributed by atoms with Crippen molar-refractivity contribution in [1.29, 1.82) is 0 Å². The lowest BCUT2D eigenvalue weighted by Gasteiger charge is -2.53. The monoisotopic (exact) mass is 367 g/mol. The molecule has 1 heterocycles. The van der Waals surface area contributed by atoms with Gasteiger partial charge in [-0.2, -0.15) is 0 Å². The third kappa shape index (κ3) is 3.65. The molecular formula is C26H30BN. The van der Waals surface area contributed by atoms with Crippen LogP contribution >= 0.6 is 0 Å². The summed E-state index contributed by atoms with van der Waals surface area (Å²) < 4.78 is 0. The van der Waals surface area contributed by atoms with Crippen molar-refractivity contribution in [3.63, 3.8) is 0 Å². The Morgan fingerprint density at radius 3 is 1.61 bits per heavy atom. The van der Waals surface area contributed by atoms with Crippen molar-refractivity contribution in [1.82, 2.24) is 4.98 Å². The summed E-state index contributed by atoms with van der Waals surface area (Å²) in [6.07, 6.45) is 1.94. The van der Waals surface area contributed by atoms with Crippen LogP contribution in [0.1, 0.15) is 47.1 Å². The van der Waals surface area contributed by atoms with Gasteiger partial charge in [-0.1, -0.05) is 102 Å². The number of benzene rings is 2. The predicted molar refractivity (Wildman–Crippen MR) is 121 cm³/mol. The molecule has 28 heavy (non-hydrogen) atoms. The second-order valence-electron chi connectivity index (χ2n) is 9.68. The average molecular weight is 367 g/mol. The molecule has 2 aromatic carbocycles. The molecule has 0 spiro atoms. The lowest BCUT2D eigenvalue weighted by Crippen LogP contribution is -2.50. The molecule has 0 N–H and O–H groups in total. The van der Waals surface area contributed by atoms with Gasteiger partial charge in [-0.05, 0) is 33.3 Å². The number of rotatable bonds is 3. The molecule has 2 radical (unpaired) electrons. The highest BCUT2D eigenvalue weighted by molar-refractivity contribution is 6.17. The van der Waals surface area contributed by atoms with E-state index in [9.17, 15) is 0 Å². The summed E-state index contributed by atoms with van der Waals surface area (Å²) in [6.45, 7) is 13.3. The first kappa shape index (κ1) is 20.4. The van der Waals surface area contributed by atoms with Crippen LogP contribution in [0.25, 0.3) is 22.4 Å². The second-order valence-corrected chi connectivity index (χ2v) is 9.68. The second kappa shape index (κ2) is 7.24. The Morgan fingerprint density at radius 2 is 1.14 bits per heavy atom. The highest BCUT2D eigenvalue weighted by Gasteiger charge is 2.46. The van der Waals surface area contributed by atoms with Crippen LogP contribution in [0.5, 0.6) is 0 Å². The van der Waals surface area contributed by atoms with Gasteiger partial charge in [-0.15, -0.1) is 0 Å². The van der Waals surface area contributed by atoms with Gasteiger partial charge < -0.3 is 0 Å². The van der Waals surface area contributed by atoms with Gasteiger partial charge in [0.2, 0.25) is 0 Å². The Kier molecular flexibility index (Phi) is 5.27. The summed E-state index contributed by atoms with van der Waals surface area (Å²) in [5.41, 5.74) is 5.43. The quantitative estimate of drug-likeness (QED) is 0.460. The van der Waals surface area contributed by atoms with Gasteiger partial charge in [-0.3, -0.25) is 4.98 Å². The zero-order valence-corrected chi connectivity index (χ0v) is 18.0. The van der Waals surface area contributed by atoms with Crippen molar-refractivity contribution >= 4 is 7.85 Å². The largest absolute Gasteiger partial charge is 0.256 e. The number of nitrogens with zero attached hydrogens (tertiary/aromatic N) is 1. The van der Waals surface area contributed by atoms with E-state index in [1.54, 1.807) is 0 Å². The molecule has 1 nitrogen and oxygen atoms in total. The molecule has 1 aromatic heterocycles. The lowest BCUT2D eigenvalue weighted by atomic mass is 9.41. The van der Waals surface area contributed by atoms with E-state index in [-0.39, 0.29) is 10.8 Å². The van der Waals surface area contributed by atoms with Crippen LogP contribution in [0.4, 0.5) is 0 Å². The number of pyridine rings is 1. The van der Waals surface area contributed by atoms with E-state index in [2.05, 4.69) is 95.1 Å². The summed E-state index contributed by atoms with van der Waals surface area (Å²) in [4.78, 5) is 4.65. The summed E-state index contributed by atoms with van der Waals surface area (Å²) in [5, 5.41) is -0.437. The first-order valence-electron chi connectivity index (χ1n) is 9.95. The van der Waals surface area contributed by atoms with Crippen molar-refractivity contribution in [2.45, 2.75) is 46.9 Å². The van der Waals surface area contributed by atoms with E-state index in [1.165, 1.54) is 5.56 Å². The summed E-state index contributed by atoms with van der Waals surface area (Å²) >= 11 is 0. The van der Waals surface area contributed by atoms with Gasteiger partial charge in [0.05, 0.1) is 13.5 Å². The molecule has 0 saturated heterocycles. The fraction of sp³-hybridized carbons (Fsp3) is 0.346. The molecule has 3 rings (SSSR count). The topological polar surface area (TPSA) is 12.9 Å². The van der Waals surface area contributed by atoms with Crippen molar-refractivity contribution in [2.24, 2.45) is 10.8 Å². The van der Waals surface area contributed by atoms with Crippen molar-refractivity contribution in [3.05, 3.63) is 78.5 Å². The molecule has 0 bridgehead atoms. The fourth-order valence-corrected chi connectivity index (χ4v) is 4.26. The normalized spacial score (nSPS) is 12.8. The van der Waals surface area contributed by atoms with Crippen molar-refractivity contribution in [3.8, 4) is 22.4 Å². The van der Waals surface area contributed by atoms with Crippen LogP contribution in [0, 0.1) is 10.8 Å². The summed E-state index contributed by atoms with van der Waals surface area (Å²) in [5.74, 6) is 0. The van der Waals surface area contributed by atoms with E-state index in [4.69, 9.17) is 7.85 Å². The molecule has 0 aliphatic heterocycles. The molecule has 0 amide bonds. The molecule has 0 aliphatic rings. The molecule has 0 atom stereocenters. The first-order valence-corrected chi connectivity index (χ1v) is 9.95. The summed E-state index contributed by atoms with van der Waals surface area (Å²) in [7, 11) is 7.03. The van der Waals surface area contributed by atoms with Crippen LogP contribution in [0.2, 0.25) is 0 Å². The maximum absolute atomic E-state index is 7.03. The Labute approximate surface area is 171 Å². The fourth-order valence-electron chi connectivity index (χ4n) is 4.26. The van der Waals surface area contributed by atoms with Crippen LogP contribution in [0.3, 0.4) is 0 Å². The zero-order valence-electron chi connectivity index (χ0n) is 18.0. The first-order chi connectivity index (χ1) is 13.0. The van der Waals surface area contributed by atoms with Crippen LogP contribution in [0.15, 0.2) is 72.9 Å². The molecule has 142 valence electrons. The van der Waals surface area contributed by atoms with Crippen LogP contribution in [-0.2, 0) is 5.31 Å². The predicted octanol–water partition coefficient (Wildman–Crippen LogP) is 6.87. The van der Waals surface area contributed by atoms with E-state index < -0.39 is 5.31 Å². The van der Waals surface area contributed by atoms with Crippen LogP contribution in [-0.4, -0.2) is 12.8 Å². The molecule has 0 aliphatic carbocycles. The van der Waals surface area contributed by atoms with Gasteiger partial charge in [0.15, 0.2) is 0 Å². The molecule has 3 aromatic rings. The highest BCUT2D eigenvalue weighted by atomic mass is 14.7. The molecule has 0 fully saturated rings. The Bertz CT molecular complexity index is 897. The summed E-state index contributed by atoms with van der Waals surface area (Å²) in [6, 6.07) is 23.1. The minimum Gasteiger partial charge on any atom is -0.256 e. The van der Waals surface area contributed by atoms with Crippen molar-refractivity contribution < 1.29 is 0 Å². The highest BCUT2D eigenvalue weighted by Crippen LogP contribution is 2.51. The number of aromatic nitrogens is 1. The maximum Gasteiger partial charge on any atom is 0.0824 e. The van der Waals surface area contributed by atoms with Crippen LogP contribution < -0.4 is 0 Å². The number of hydrogen-bond acceptors (Lipinski definition) is 1. The van der Waals surface area contributed by atoms with Gasteiger partial charge in [-0.25, -0.2) is 0 Å². The SMILES string of the molecule is [B]C(c1ccc(-c2ccc(-c3ccccc3)nc2)cc1)(C(C)(C)C)C(C)(C)C. The standard InChI is InChI=1S/C26H30BN/c1-24(2,3)26(27,25(4,5)6)22-15-12-19(13-16-22)21-14-17-23(28-18-21)20-10-8-7-9-11-20/h7-18H,1-6H3. The number of hydrogen-bond donors (Lipinski definition) is 0. The average Bonchev–Trinajstić information content (AvgIpc) is 2.66. The van der Waals surface area contributed by atoms with Gasteiger partial charge in [0.25, 0.3) is 0 Å². The Morgan fingerprint density at radius 1 is 0.607 bits per heavy atom. The molecule has 2 heteroatoms. The van der Waals surface area contributed by atoms with E-state index in [0.717, 1.165) is 22.4 Å². The minimum atomic E-state index is -0.437. The third-order valence-electron chi connectivity index (χ3n) is 5.87. The van der Waals surface area contributed by atoms with E-state index in [1.807, 2.05) is 24.4 Å². The Hall–Kier alpha value is -2.35. The maximum atomic E-state index is 7.03. The smallest absolute Gasteiger partial charge is 0.0824 e. The van der Waals surface area contributed by atoms with Gasteiger partial charge >= 0.3 is 0 Å². The molecule has 0 unspecified atom stereocenters.